The second-order valence-electron chi connectivity index (χ2n) is 4.56. The van der Waals surface area contributed by atoms with Crippen molar-refractivity contribution in [2.75, 3.05) is 24.7 Å². The van der Waals surface area contributed by atoms with E-state index >= 15 is 0 Å². The van der Waals surface area contributed by atoms with Crippen LogP contribution >= 0.6 is 23.2 Å². The number of rotatable bonds is 4. The quantitative estimate of drug-likeness (QED) is 0.845. The molecule has 0 unspecified atom stereocenters. The first-order valence-corrected chi connectivity index (χ1v) is 8.31. The first-order chi connectivity index (χ1) is 9.05. The molecule has 0 aliphatic heterocycles. The van der Waals surface area contributed by atoms with Gasteiger partial charge in [-0.15, -0.1) is 0 Å². The van der Waals surface area contributed by atoms with Gasteiger partial charge in [0.25, 0.3) is 0 Å². The Morgan fingerprint density at radius 1 is 1.25 bits per heavy atom. The van der Waals surface area contributed by atoms with E-state index < -0.39 is 16.1 Å². The summed E-state index contributed by atoms with van der Waals surface area (Å²) in [5.41, 5.74) is 0.185. The Morgan fingerprint density at radius 2 is 1.80 bits per heavy atom. The molecule has 0 radical (unpaired) electrons. The number of hydrogen-bond acceptors (Lipinski definition) is 3. The van der Waals surface area contributed by atoms with E-state index in [4.69, 9.17) is 23.2 Å². The highest BCUT2D eigenvalue weighted by Crippen LogP contribution is 2.32. The summed E-state index contributed by atoms with van der Waals surface area (Å²) in [6.07, 6.45) is 1.02. The Labute approximate surface area is 129 Å². The van der Waals surface area contributed by atoms with Crippen LogP contribution in [0.5, 0.6) is 0 Å². The Morgan fingerprint density at radius 3 is 2.25 bits per heavy atom. The van der Waals surface area contributed by atoms with Crippen LogP contribution in [-0.2, 0) is 14.8 Å². The monoisotopic (exact) mass is 338 g/mol. The van der Waals surface area contributed by atoms with Gasteiger partial charge in [0.05, 0.1) is 17.0 Å². The molecule has 1 aromatic rings. The second kappa shape index (κ2) is 6.20. The zero-order chi connectivity index (χ0) is 15.7. The minimum absolute atomic E-state index is 0.185. The molecule has 1 amide bonds. The number of nitrogens with zero attached hydrogens (tertiary/aromatic N) is 2. The Kier molecular flexibility index (Phi) is 5.29. The molecule has 1 rings (SSSR count). The zero-order valence-corrected chi connectivity index (χ0v) is 13.9. The van der Waals surface area contributed by atoms with E-state index in [9.17, 15) is 13.2 Å². The summed E-state index contributed by atoms with van der Waals surface area (Å²) >= 11 is 11.9. The summed E-state index contributed by atoms with van der Waals surface area (Å²) in [7, 11) is -0.583. The fourth-order valence-electron chi connectivity index (χ4n) is 1.80. The predicted octanol–water partition coefficient (Wildman–Crippen LogP) is 2.24. The number of likely N-dealkylation sites (N-methyl/N-ethyl adjacent to an activating group) is 1. The number of carbonyl (C=O) groups is 1. The van der Waals surface area contributed by atoms with Gasteiger partial charge in [-0.2, -0.15) is 0 Å². The lowest BCUT2D eigenvalue weighted by molar-refractivity contribution is -0.129. The van der Waals surface area contributed by atoms with Crippen LogP contribution in [0.3, 0.4) is 0 Å². The smallest absolute Gasteiger partial charge is 0.245 e. The maximum absolute atomic E-state index is 12.0. The molecule has 0 fully saturated rings. The van der Waals surface area contributed by atoms with Crippen LogP contribution in [0.2, 0.25) is 10.0 Å². The Bertz CT molecular complexity index is 617. The minimum Gasteiger partial charge on any atom is -0.347 e. The van der Waals surface area contributed by atoms with Crippen molar-refractivity contribution in [3.8, 4) is 0 Å². The Hall–Kier alpha value is -0.980. The molecule has 0 aromatic heterocycles. The van der Waals surface area contributed by atoms with E-state index in [-0.39, 0.29) is 16.6 Å². The van der Waals surface area contributed by atoms with Crippen LogP contribution in [0.15, 0.2) is 18.2 Å². The summed E-state index contributed by atoms with van der Waals surface area (Å²) in [6.45, 7) is 1.50. The van der Waals surface area contributed by atoms with E-state index in [0.29, 0.717) is 5.02 Å². The molecule has 8 heteroatoms. The van der Waals surface area contributed by atoms with Crippen molar-refractivity contribution in [3.05, 3.63) is 28.2 Å². The van der Waals surface area contributed by atoms with Crippen molar-refractivity contribution in [2.24, 2.45) is 0 Å². The predicted molar refractivity (Wildman–Crippen MR) is 81.9 cm³/mol. The van der Waals surface area contributed by atoms with Gasteiger partial charge >= 0.3 is 0 Å². The average Bonchev–Trinajstić information content (AvgIpc) is 2.30. The third kappa shape index (κ3) is 3.77. The lowest BCUT2D eigenvalue weighted by atomic mass is 10.2. The molecule has 0 spiro atoms. The van der Waals surface area contributed by atoms with Crippen molar-refractivity contribution in [2.45, 2.75) is 13.0 Å². The summed E-state index contributed by atoms with van der Waals surface area (Å²) in [4.78, 5) is 13.4. The van der Waals surface area contributed by atoms with Gasteiger partial charge in [0.15, 0.2) is 0 Å². The third-order valence-corrected chi connectivity index (χ3v) is 4.44. The second-order valence-corrected chi connectivity index (χ2v) is 7.27. The molecular weight excluding hydrogens is 323 g/mol. The average molecular weight is 339 g/mol. The van der Waals surface area contributed by atoms with Gasteiger partial charge in [-0.1, -0.05) is 23.2 Å². The van der Waals surface area contributed by atoms with E-state index in [1.165, 1.54) is 24.0 Å². The van der Waals surface area contributed by atoms with Crippen LogP contribution in [0.1, 0.15) is 6.92 Å². The van der Waals surface area contributed by atoms with Gasteiger partial charge in [-0.25, -0.2) is 8.42 Å². The van der Waals surface area contributed by atoms with Crippen LogP contribution in [0.25, 0.3) is 0 Å². The molecule has 5 nitrogen and oxygen atoms in total. The highest BCUT2D eigenvalue weighted by atomic mass is 35.5. The molecule has 0 heterocycles. The molecule has 1 aromatic carbocycles. The first kappa shape index (κ1) is 17.1. The summed E-state index contributed by atoms with van der Waals surface area (Å²) in [6, 6.07) is 3.54. The van der Waals surface area contributed by atoms with Gasteiger partial charge in [-0.3, -0.25) is 9.10 Å². The number of anilines is 1. The van der Waals surface area contributed by atoms with Crippen LogP contribution in [0.4, 0.5) is 5.69 Å². The molecule has 0 bridgehead atoms. The van der Waals surface area contributed by atoms with Crippen molar-refractivity contribution < 1.29 is 13.2 Å². The number of halogens is 2. The van der Waals surface area contributed by atoms with E-state index in [1.54, 1.807) is 20.2 Å². The van der Waals surface area contributed by atoms with E-state index in [0.717, 1.165) is 10.6 Å². The van der Waals surface area contributed by atoms with Gasteiger partial charge in [0.2, 0.25) is 15.9 Å². The highest BCUT2D eigenvalue weighted by molar-refractivity contribution is 7.92. The molecule has 20 heavy (non-hydrogen) atoms. The maximum Gasteiger partial charge on any atom is 0.245 e. The van der Waals surface area contributed by atoms with Crippen molar-refractivity contribution in [1.82, 2.24) is 4.90 Å². The fourth-order valence-corrected chi connectivity index (χ4v) is 3.40. The molecule has 112 valence electrons. The number of carbonyl (C=O) groups excluding carboxylic acids is 1. The first-order valence-electron chi connectivity index (χ1n) is 5.71. The molecule has 0 saturated carbocycles. The number of amides is 1. The molecule has 0 saturated heterocycles. The molecule has 0 N–H and O–H groups in total. The molecule has 0 aliphatic rings. The number of hydrogen-bond donors (Lipinski definition) is 0. The van der Waals surface area contributed by atoms with Gasteiger partial charge in [0, 0.05) is 19.1 Å². The van der Waals surface area contributed by atoms with Crippen molar-refractivity contribution in [1.29, 1.82) is 0 Å². The van der Waals surface area contributed by atoms with Crippen molar-refractivity contribution in [3.63, 3.8) is 0 Å². The van der Waals surface area contributed by atoms with Crippen molar-refractivity contribution >= 4 is 44.8 Å². The molecular formula is C12H16Cl2N2O3S. The standard InChI is InChI=1S/C12H16Cl2N2O3S/c1-8(12(17)15(2)3)16(20(4,18)19)11-7-9(13)5-6-10(11)14/h5-8H,1-4H3/t8-/m0/s1. The van der Waals surface area contributed by atoms with Crippen LogP contribution in [0, 0.1) is 0 Å². The highest BCUT2D eigenvalue weighted by Gasteiger charge is 2.31. The fraction of sp³-hybridized carbons (Fsp3) is 0.417. The normalized spacial score (nSPS) is 12.9. The lowest BCUT2D eigenvalue weighted by Crippen LogP contribution is -2.47. The Balaban J connectivity index is 3.42. The topological polar surface area (TPSA) is 57.7 Å². The van der Waals surface area contributed by atoms with E-state index in [2.05, 4.69) is 0 Å². The minimum atomic E-state index is -3.69. The third-order valence-electron chi connectivity index (χ3n) is 2.65. The largest absolute Gasteiger partial charge is 0.347 e. The summed E-state index contributed by atoms with van der Waals surface area (Å²) in [5.74, 6) is -0.355. The zero-order valence-electron chi connectivity index (χ0n) is 11.6. The van der Waals surface area contributed by atoms with Crippen LogP contribution < -0.4 is 4.31 Å². The van der Waals surface area contributed by atoms with Gasteiger partial charge < -0.3 is 4.90 Å². The summed E-state index contributed by atoms with van der Waals surface area (Å²) < 4.78 is 25.0. The molecule has 0 aliphatic carbocycles. The maximum atomic E-state index is 12.0. The molecule has 1 atom stereocenters. The SMILES string of the molecule is C[C@@H](C(=O)N(C)C)N(c1cc(Cl)ccc1Cl)S(C)(=O)=O. The van der Waals surface area contributed by atoms with Crippen LogP contribution in [-0.4, -0.2) is 45.6 Å². The van der Waals surface area contributed by atoms with Gasteiger partial charge in [-0.05, 0) is 25.1 Å². The summed E-state index contributed by atoms with van der Waals surface area (Å²) in [5, 5.41) is 0.542. The number of benzene rings is 1. The van der Waals surface area contributed by atoms with E-state index in [1.807, 2.05) is 0 Å². The number of sulfonamides is 1. The lowest BCUT2D eigenvalue weighted by Gasteiger charge is -2.30. The van der Waals surface area contributed by atoms with Gasteiger partial charge in [0.1, 0.15) is 6.04 Å².